The summed E-state index contributed by atoms with van der Waals surface area (Å²) in [7, 11) is 0. The van der Waals surface area contributed by atoms with E-state index in [0.29, 0.717) is 0 Å². The van der Waals surface area contributed by atoms with Gasteiger partial charge in [0.1, 0.15) is 0 Å². The van der Waals surface area contributed by atoms with Crippen LogP contribution in [0.2, 0.25) is 0 Å². The van der Waals surface area contributed by atoms with Crippen LogP contribution in [-0.2, 0) is 0 Å². The predicted octanol–water partition coefficient (Wildman–Crippen LogP) is 4.02. The zero-order valence-electron chi connectivity index (χ0n) is 13.9. The first-order valence-electron chi connectivity index (χ1n) is 8.63. The molecule has 1 heterocycles. The summed E-state index contributed by atoms with van der Waals surface area (Å²) in [5.74, 6) is 0. The van der Waals surface area contributed by atoms with Crippen LogP contribution in [-0.4, -0.2) is 23.5 Å². The van der Waals surface area contributed by atoms with E-state index in [1.165, 1.54) is 73.9 Å². The van der Waals surface area contributed by atoms with Crippen molar-refractivity contribution in [2.75, 3.05) is 13.1 Å². The molecule has 1 aliphatic carbocycles. The number of hydrogen-bond acceptors (Lipinski definition) is 2. The van der Waals surface area contributed by atoms with E-state index in [4.69, 9.17) is 5.73 Å². The van der Waals surface area contributed by atoms with Gasteiger partial charge in [0.15, 0.2) is 0 Å². The summed E-state index contributed by atoms with van der Waals surface area (Å²) < 4.78 is 0. The number of nitrogens with two attached hydrogens (primary N) is 1. The zero-order chi connectivity index (χ0) is 15.0. The fraction of sp³-hybridized carbons (Fsp3) is 0.684. The third-order valence-corrected chi connectivity index (χ3v) is 6.00. The molecule has 1 saturated heterocycles. The van der Waals surface area contributed by atoms with E-state index >= 15 is 0 Å². The van der Waals surface area contributed by atoms with E-state index in [2.05, 4.69) is 37.8 Å². The van der Waals surface area contributed by atoms with Gasteiger partial charge in [-0.05, 0) is 81.8 Å². The summed E-state index contributed by atoms with van der Waals surface area (Å²) in [6.45, 7) is 9.13. The van der Waals surface area contributed by atoms with Crippen LogP contribution in [0, 0.1) is 20.8 Å². The number of benzene rings is 1. The number of aryl methyl sites for hydroxylation is 3. The molecule has 1 atom stereocenters. The van der Waals surface area contributed by atoms with Crippen LogP contribution in [0.15, 0.2) is 12.1 Å². The Morgan fingerprint density at radius 3 is 2.10 bits per heavy atom. The summed E-state index contributed by atoms with van der Waals surface area (Å²) in [5, 5.41) is 0. The van der Waals surface area contributed by atoms with Crippen molar-refractivity contribution in [3.63, 3.8) is 0 Å². The molecule has 0 radical (unpaired) electrons. The topological polar surface area (TPSA) is 29.3 Å². The molecule has 2 nitrogen and oxygen atoms in total. The van der Waals surface area contributed by atoms with Crippen molar-refractivity contribution in [1.29, 1.82) is 0 Å². The Morgan fingerprint density at radius 1 is 0.905 bits per heavy atom. The smallest absolute Gasteiger partial charge is 0.0484 e. The molecule has 2 aliphatic rings. The van der Waals surface area contributed by atoms with Gasteiger partial charge in [-0.1, -0.05) is 25.0 Å². The van der Waals surface area contributed by atoms with Crippen molar-refractivity contribution >= 4 is 0 Å². The Kier molecular flexibility index (Phi) is 4.11. The average Bonchev–Trinajstić information content (AvgIpc) is 3.12. The molecular weight excluding hydrogens is 256 g/mol. The highest BCUT2D eigenvalue weighted by atomic mass is 15.2. The van der Waals surface area contributed by atoms with Crippen molar-refractivity contribution in [1.82, 2.24) is 4.90 Å². The maximum atomic E-state index is 6.89. The first-order valence-corrected chi connectivity index (χ1v) is 8.63. The Labute approximate surface area is 129 Å². The van der Waals surface area contributed by atoms with Crippen LogP contribution >= 0.6 is 0 Å². The molecule has 2 N–H and O–H groups in total. The largest absolute Gasteiger partial charge is 0.322 e. The average molecular weight is 286 g/mol. The van der Waals surface area contributed by atoms with Crippen LogP contribution in [0.3, 0.4) is 0 Å². The molecule has 21 heavy (non-hydrogen) atoms. The van der Waals surface area contributed by atoms with E-state index in [-0.39, 0.29) is 11.6 Å². The monoisotopic (exact) mass is 286 g/mol. The van der Waals surface area contributed by atoms with E-state index in [0.717, 1.165) is 0 Å². The molecule has 0 aromatic heterocycles. The van der Waals surface area contributed by atoms with E-state index in [9.17, 15) is 0 Å². The van der Waals surface area contributed by atoms with Crippen molar-refractivity contribution < 1.29 is 0 Å². The summed E-state index contributed by atoms with van der Waals surface area (Å²) >= 11 is 0. The second-order valence-electron chi connectivity index (χ2n) is 7.28. The van der Waals surface area contributed by atoms with Crippen molar-refractivity contribution in [2.24, 2.45) is 5.73 Å². The molecule has 1 saturated carbocycles. The fourth-order valence-electron chi connectivity index (χ4n) is 4.58. The van der Waals surface area contributed by atoms with Gasteiger partial charge < -0.3 is 5.73 Å². The zero-order valence-corrected chi connectivity index (χ0v) is 13.9. The standard InChI is InChI=1S/C19H30N2/c1-14-12-16(3)17(13-15(14)2)18(20)19(8-4-5-9-19)21-10-6-7-11-21/h12-13,18H,4-11,20H2,1-3H3. The molecule has 0 amide bonds. The fourth-order valence-corrected chi connectivity index (χ4v) is 4.58. The highest BCUT2D eigenvalue weighted by Crippen LogP contribution is 2.45. The molecule has 2 heteroatoms. The summed E-state index contributed by atoms with van der Waals surface area (Å²) in [6, 6.07) is 4.83. The summed E-state index contributed by atoms with van der Waals surface area (Å²) in [5.41, 5.74) is 12.6. The predicted molar refractivity (Wildman–Crippen MR) is 89.6 cm³/mol. The van der Waals surface area contributed by atoms with Crippen LogP contribution in [0.5, 0.6) is 0 Å². The highest BCUT2D eigenvalue weighted by Gasteiger charge is 2.46. The molecule has 1 aliphatic heterocycles. The van der Waals surface area contributed by atoms with Crippen molar-refractivity contribution in [2.45, 2.75) is 70.9 Å². The van der Waals surface area contributed by atoms with Gasteiger partial charge in [0, 0.05) is 11.6 Å². The third-order valence-electron chi connectivity index (χ3n) is 6.00. The van der Waals surface area contributed by atoms with Gasteiger partial charge in [-0.2, -0.15) is 0 Å². The Morgan fingerprint density at radius 2 is 1.48 bits per heavy atom. The van der Waals surface area contributed by atoms with Crippen LogP contribution in [0.1, 0.15) is 66.8 Å². The van der Waals surface area contributed by atoms with E-state index in [1.807, 2.05) is 0 Å². The number of hydrogen-bond donors (Lipinski definition) is 1. The molecule has 3 rings (SSSR count). The summed E-state index contributed by atoms with van der Waals surface area (Å²) in [4.78, 5) is 2.72. The van der Waals surface area contributed by atoms with Gasteiger partial charge in [-0.25, -0.2) is 0 Å². The lowest BCUT2D eigenvalue weighted by Crippen LogP contribution is -2.52. The van der Waals surface area contributed by atoms with Crippen LogP contribution in [0.4, 0.5) is 0 Å². The highest BCUT2D eigenvalue weighted by molar-refractivity contribution is 5.40. The van der Waals surface area contributed by atoms with Crippen molar-refractivity contribution in [3.05, 3.63) is 34.4 Å². The Bertz CT molecular complexity index is 509. The van der Waals surface area contributed by atoms with E-state index < -0.39 is 0 Å². The molecular formula is C19H30N2. The van der Waals surface area contributed by atoms with Gasteiger partial charge >= 0.3 is 0 Å². The lowest BCUT2D eigenvalue weighted by atomic mass is 9.80. The molecule has 1 unspecified atom stereocenters. The molecule has 116 valence electrons. The molecule has 1 aromatic rings. The maximum Gasteiger partial charge on any atom is 0.0484 e. The minimum Gasteiger partial charge on any atom is -0.322 e. The van der Waals surface area contributed by atoms with Gasteiger partial charge in [0.05, 0.1) is 0 Å². The second-order valence-corrected chi connectivity index (χ2v) is 7.28. The molecule has 0 spiro atoms. The minimum absolute atomic E-state index is 0.164. The Balaban J connectivity index is 1.98. The maximum absolute atomic E-state index is 6.89. The molecule has 2 fully saturated rings. The lowest BCUT2D eigenvalue weighted by Gasteiger charge is -2.44. The van der Waals surface area contributed by atoms with Crippen LogP contribution in [0.25, 0.3) is 0 Å². The number of nitrogens with zero attached hydrogens (tertiary/aromatic N) is 1. The molecule has 1 aromatic carbocycles. The first kappa shape index (κ1) is 15.1. The van der Waals surface area contributed by atoms with Gasteiger partial charge in [-0.15, -0.1) is 0 Å². The minimum atomic E-state index is 0.164. The SMILES string of the molecule is Cc1cc(C)c(C(N)C2(N3CCCC3)CCCC2)cc1C. The van der Waals surface area contributed by atoms with Gasteiger partial charge in [-0.3, -0.25) is 4.90 Å². The van der Waals surface area contributed by atoms with E-state index in [1.54, 1.807) is 0 Å². The number of likely N-dealkylation sites (tertiary alicyclic amines) is 1. The molecule has 0 bridgehead atoms. The summed E-state index contributed by atoms with van der Waals surface area (Å²) in [6.07, 6.45) is 7.93. The van der Waals surface area contributed by atoms with Crippen LogP contribution < -0.4 is 5.73 Å². The lowest BCUT2D eigenvalue weighted by molar-refractivity contribution is 0.0919. The normalized spacial score (nSPS) is 23.6. The van der Waals surface area contributed by atoms with Crippen molar-refractivity contribution in [3.8, 4) is 0 Å². The van der Waals surface area contributed by atoms with Gasteiger partial charge in [0.2, 0.25) is 0 Å². The second kappa shape index (κ2) is 5.73. The Hall–Kier alpha value is -0.860. The third kappa shape index (κ3) is 2.53. The first-order chi connectivity index (χ1) is 10.0. The quantitative estimate of drug-likeness (QED) is 0.909. The number of rotatable bonds is 3. The van der Waals surface area contributed by atoms with Gasteiger partial charge in [0.25, 0.3) is 0 Å².